The first-order chi connectivity index (χ1) is 7.51. The van der Waals surface area contributed by atoms with Gasteiger partial charge in [-0.25, -0.2) is 8.78 Å². The molecule has 0 saturated carbocycles. The highest BCUT2D eigenvalue weighted by Crippen LogP contribution is 2.24. The monoisotopic (exact) mass is 242 g/mol. The third-order valence-corrected chi connectivity index (χ3v) is 2.40. The van der Waals surface area contributed by atoms with Gasteiger partial charge in [0.1, 0.15) is 11.6 Å². The summed E-state index contributed by atoms with van der Waals surface area (Å²) in [5, 5.41) is 8.43. The Hall–Kier alpha value is -1.60. The van der Waals surface area contributed by atoms with Gasteiger partial charge in [-0.1, -0.05) is 18.5 Å². The summed E-state index contributed by atoms with van der Waals surface area (Å²) in [6, 6.07) is 3.57. The van der Waals surface area contributed by atoms with Gasteiger partial charge in [-0.15, -0.1) is 0 Å². The largest absolute Gasteiger partial charge is 0.397 e. The number of allylic oxidation sites excluding steroid dienone is 1. The van der Waals surface area contributed by atoms with Crippen LogP contribution in [0.25, 0.3) is 5.70 Å². The number of nitriles is 1. The Bertz CT molecular complexity index is 489. The van der Waals surface area contributed by atoms with E-state index in [0.717, 1.165) is 12.1 Å². The maximum atomic E-state index is 13.4. The second-order valence-corrected chi connectivity index (χ2v) is 3.51. The molecule has 16 heavy (non-hydrogen) atoms. The summed E-state index contributed by atoms with van der Waals surface area (Å²) in [6.07, 6.45) is 0.353. The van der Waals surface area contributed by atoms with Gasteiger partial charge in [-0.3, -0.25) is 0 Å². The Balaban J connectivity index is 3.41. The van der Waals surface area contributed by atoms with Gasteiger partial charge in [0.25, 0.3) is 0 Å². The third-order valence-electron chi connectivity index (χ3n) is 2.11. The van der Waals surface area contributed by atoms with Crippen LogP contribution in [-0.2, 0) is 0 Å². The van der Waals surface area contributed by atoms with Crippen molar-refractivity contribution in [3.63, 3.8) is 0 Å². The average molecular weight is 243 g/mol. The fourth-order valence-corrected chi connectivity index (χ4v) is 1.37. The lowest BCUT2D eigenvalue weighted by Crippen LogP contribution is -2.04. The highest BCUT2D eigenvalue weighted by molar-refractivity contribution is 6.30. The van der Waals surface area contributed by atoms with Crippen LogP contribution in [-0.4, -0.2) is 0 Å². The van der Waals surface area contributed by atoms with Crippen molar-refractivity contribution in [1.82, 2.24) is 0 Å². The molecule has 2 nitrogen and oxygen atoms in total. The van der Waals surface area contributed by atoms with Crippen molar-refractivity contribution in [3.05, 3.63) is 39.9 Å². The SMILES string of the molecule is CC/C(C#N)=C(/N)c1cc(F)c(Cl)cc1F. The minimum absolute atomic E-state index is 0.0573. The molecule has 0 heterocycles. The lowest BCUT2D eigenvalue weighted by Gasteiger charge is -2.06. The predicted octanol–water partition coefficient (Wildman–Crippen LogP) is 3.22. The highest BCUT2D eigenvalue weighted by Gasteiger charge is 2.13. The summed E-state index contributed by atoms with van der Waals surface area (Å²) in [7, 11) is 0. The van der Waals surface area contributed by atoms with Crippen LogP contribution < -0.4 is 5.73 Å². The van der Waals surface area contributed by atoms with E-state index in [-0.39, 0.29) is 21.9 Å². The molecule has 0 spiro atoms. The predicted molar refractivity (Wildman–Crippen MR) is 58.4 cm³/mol. The Labute approximate surface area is 96.9 Å². The third kappa shape index (κ3) is 2.31. The molecule has 0 fully saturated rings. The summed E-state index contributed by atoms with van der Waals surface area (Å²) < 4.78 is 26.6. The van der Waals surface area contributed by atoms with E-state index in [1.54, 1.807) is 6.92 Å². The molecule has 0 aromatic heterocycles. The molecule has 0 aliphatic heterocycles. The molecule has 5 heteroatoms. The van der Waals surface area contributed by atoms with Gasteiger partial charge in [-0.05, 0) is 18.6 Å². The summed E-state index contributed by atoms with van der Waals surface area (Å²) in [5.41, 5.74) is 5.60. The smallest absolute Gasteiger partial charge is 0.142 e. The average Bonchev–Trinajstić information content (AvgIpc) is 2.25. The van der Waals surface area contributed by atoms with Crippen LogP contribution in [0.5, 0.6) is 0 Å². The van der Waals surface area contributed by atoms with Gasteiger partial charge in [0.05, 0.1) is 22.4 Å². The summed E-state index contributed by atoms with van der Waals surface area (Å²) in [5.74, 6) is -1.51. The van der Waals surface area contributed by atoms with Crippen LogP contribution in [0.2, 0.25) is 5.02 Å². The first-order valence-corrected chi connectivity index (χ1v) is 4.92. The molecule has 2 N–H and O–H groups in total. The van der Waals surface area contributed by atoms with Gasteiger partial charge < -0.3 is 5.73 Å². The van der Waals surface area contributed by atoms with E-state index in [1.807, 2.05) is 6.07 Å². The van der Waals surface area contributed by atoms with E-state index >= 15 is 0 Å². The Morgan fingerprint density at radius 1 is 1.44 bits per heavy atom. The van der Waals surface area contributed by atoms with E-state index in [9.17, 15) is 8.78 Å². The zero-order chi connectivity index (χ0) is 12.3. The maximum absolute atomic E-state index is 13.4. The minimum atomic E-state index is -0.769. The van der Waals surface area contributed by atoms with Crippen molar-refractivity contribution in [2.24, 2.45) is 5.73 Å². The van der Waals surface area contributed by atoms with E-state index in [0.29, 0.717) is 6.42 Å². The molecule has 1 aromatic rings. The quantitative estimate of drug-likeness (QED) is 0.639. The van der Waals surface area contributed by atoms with Gasteiger partial charge in [0.15, 0.2) is 0 Å². The number of hydrogen-bond acceptors (Lipinski definition) is 2. The molecule has 1 rings (SSSR count). The van der Waals surface area contributed by atoms with Gasteiger partial charge in [0, 0.05) is 5.56 Å². The lowest BCUT2D eigenvalue weighted by atomic mass is 10.1. The lowest BCUT2D eigenvalue weighted by molar-refractivity contribution is 0.597. The van der Waals surface area contributed by atoms with Crippen LogP contribution in [0, 0.1) is 23.0 Å². The molecule has 1 aromatic carbocycles. The van der Waals surface area contributed by atoms with Crippen molar-refractivity contribution >= 4 is 17.3 Å². The van der Waals surface area contributed by atoms with Crippen molar-refractivity contribution < 1.29 is 8.78 Å². The number of rotatable bonds is 2. The molecule has 0 aliphatic rings. The minimum Gasteiger partial charge on any atom is -0.397 e. The fraction of sp³-hybridized carbons (Fsp3) is 0.182. The van der Waals surface area contributed by atoms with Crippen LogP contribution >= 0.6 is 11.6 Å². The molecular formula is C11H9ClF2N2. The van der Waals surface area contributed by atoms with Crippen LogP contribution in [0.1, 0.15) is 18.9 Å². The highest BCUT2D eigenvalue weighted by atomic mass is 35.5. The second kappa shape index (κ2) is 4.95. The second-order valence-electron chi connectivity index (χ2n) is 3.10. The number of hydrogen-bond donors (Lipinski definition) is 1. The Morgan fingerprint density at radius 2 is 2.06 bits per heavy atom. The molecule has 0 amide bonds. The summed E-state index contributed by atoms with van der Waals surface area (Å²) in [4.78, 5) is 0. The molecular weight excluding hydrogens is 234 g/mol. The topological polar surface area (TPSA) is 49.8 Å². The van der Waals surface area contributed by atoms with Crippen molar-refractivity contribution in [3.8, 4) is 6.07 Å². The molecule has 0 radical (unpaired) electrons. The maximum Gasteiger partial charge on any atom is 0.142 e. The molecule has 0 saturated heterocycles. The summed E-state index contributed by atoms with van der Waals surface area (Å²) in [6.45, 7) is 1.70. The van der Waals surface area contributed by atoms with E-state index in [1.165, 1.54) is 0 Å². The van der Waals surface area contributed by atoms with Crippen molar-refractivity contribution in [2.75, 3.05) is 0 Å². The zero-order valence-electron chi connectivity index (χ0n) is 8.52. The van der Waals surface area contributed by atoms with Crippen molar-refractivity contribution in [1.29, 1.82) is 5.26 Å². The number of halogens is 3. The number of nitrogens with two attached hydrogens (primary N) is 1. The normalized spacial score (nSPS) is 11.9. The first kappa shape index (κ1) is 12.5. The van der Waals surface area contributed by atoms with E-state index in [4.69, 9.17) is 22.6 Å². The van der Waals surface area contributed by atoms with Crippen molar-refractivity contribution in [2.45, 2.75) is 13.3 Å². The standard InChI is InChI=1S/C11H9ClF2N2/c1-2-6(5-15)11(16)7-3-10(14)8(12)4-9(7)13/h3-4H,2,16H2,1H3/b11-6-. The zero-order valence-corrected chi connectivity index (χ0v) is 9.28. The molecule has 84 valence electrons. The fourth-order valence-electron chi connectivity index (χ4n) is 1.22. The Morgan fingerprint density at radius 3 is 2.56 bits per heavy atom. The first-order valence-electron chi connectivity index (χ1n) is 4.54. The van der Waals surface area contributed by atoms with Gasteiger partial charge >= 0.3 is 0 Å². The molecule has 0 unspecified atom stereocenters. The Kier molecular flexibility index (Phi) is 3.86. The van der Waals surface area contributed by atoms with E-state index in [2.05, 4.69) is 0 Å². The van der Waals surface area contributed by atoms with Crippen LogP contribution in [0.4, 0.5) is 8.78 Å². The molecule has 0 bridgehead atoms. The summed E-state index contributed by atoms with van der Waals surface area (Å²) >= 11 is 5.40. The van der Waals surface area contributed by atoms with Crippen LogP contribution in [0.3, 0.4) is 0 Å². The molecule has 0 aliphatic carbocycles. The molecule has 0 atom stereocenters. The van der Waals surface area contributed by atoms with Crippen LogP contribution in [0.15, 0.2) is 17.7 Å². The van der Waals surface area contributed by atoms with Gasteiger partial charge in [0.2, 0.25) is 0 Å². The van der Waals surface area contributed by atoms with E-state index < -0.39 is 11.6 Å². The number of benzene rings is 1. The van der Waals surface area contributed by atoms with Gasteiger partial charge in [-0.2, -0.15) is 5.26 Å². The number of nitrogens with zero attached hydrogens (tertiary/aromatic N) is 1.